The second-order valence-corrected chi connectivity index (χ2v) is 9.63. The molecule has 1 fully saturated rings. The van der Waals surface area contributed by atoms with Gasteiger partial charge in [-0.15, -0.1) is 0 Å². The van der Waals surface area contributed by atoms with Crippen LogP contribution in [0.4, 0.5) is 0 Å². The number of carbonyl (C=O) groups excluding carboxylic acids is 1. The zero-order valence-corrected chi connectivity index (χ0v) is 19.7. The molecule has 0 radical (unpaired) electrons. The Morgan fingerprint density at radius 3 is 2.24 bits per heavy atom. The van der Waals surface area contributed by atoms with Crippen molar-refractivity contribution in [2.75, 3.05) is 0 Å². The number of piperidine rings is 1. The first-order valence-electron chi connectivity index (χ1n) is 11.8. The lowest BCUT2D eigenvalue weighted by Gasteiger charge is -2.53. The predicted molar refractivity (Wildman–Crippen MR) is 118 cm³/mol. The van der Waals surface area contributed by atoms with E-state index in [0.29, 0.717) is 6.42 Å². The Hall–Kier alpha value is -1.10. The van der Waals surface area contributed by atoms with Gasteiger partial charge in [0.05, 0.1) is 12.3 Å². The van der Waals surface area contributed by atoms with Crippen molar-refractivity contribution in [3.05, 3.63) is 0 Å². The van der Waals surface area contributed by atoms with E-state index < -0.39 is 11.9 Å². The van der Waals surface area contributed by atoms with E-state index in [1.807, 2.05) is 0 Å². The molecule has 0 aromatic carbocycles. The first kappa shape index (κ1) is 25.9. The van der Waals surface area contributed by atoms with Crippen molar-refractivity contribution < 1.29 is 19.4 Å². The molecule has 5 nitrogen and oxygen atoms in total. The molecule has 1 aliphatic rings. The molecule has 1 aliphatic heterocycles. The summed E-state index contributed by atoms with van der Waals surface area (Å²) in [6.45, 7) is 13.0. The van der Waals surface area contributed by atoms with Crippen LogP contribution in [0.2, 0.25) is 0 Å². The number of nitrogens with one attached hydrogen (secondary N) is 1. The number of hydrogen-bond donors (Lipinski definition) is 2. The molecule has 170 valence electrons. The summed E-state index contributed by atoms with van der Waals surface area (Å²) in [5.41, 5.74) is -0.181. The van der Waals surface area contributed by atoms with Crippen molar-refractivity contribution in [1.82, 2.24) is 5.32 Å². The summed E-state index contributed by atoms with van der Waals surface area (Å²) < 4.78 is 6.01. The van der Waals surface area contributed by atoms with Gasteiger partial charge in [0.25, 0.3) is 0 Å². The summed E-state index contributed by atoms with van der Waals surface area (Å²) in [7, 11) is 0. The van der Waals surface area contributed by atoms with Gasteiger partial charge in [0.15, 0.2) is 0 Å². The molecule has 5 heteroatoms. The van der Waals surface area contributed by atoms with E-state index in [9.17, 15) is 14.7 Å². The lowest BCUT2D eigenvalue weighted by atomic mass is 9.70. The minimum atomic E-state index is -0.923. The Kier molecular flexibility index (Phi) is 10.7. The molecule has 0 saturated carbocycles. The molecular formula is C24H45NO4. The van der Waals surface area contributed by atoms with Crippen molar-refractivity contribution in [2.45, 2.75) is 129 Å². The maximum Gasteiger partial charge on any atom is 0.309 e. The maximum absolute atomic E-state index is 13.0. The summed E-state index contributed by atoms with van der Waals surface area (Å²) in [5, 5.41) is 13.1. The number of unbranched alkanes of at least 4 members (excludes halogenated alkanes) is 5. The van der Waals surface area contributed by atoms with Crippen LogP contribution >= 0.6 is 0 Å². The third-order valence-electron chi connectivity index (χ3n) is 7.24. The number of rotatable bonds is 13. The fraction of sp³-hybridized carbons (Fsp3) is 0.917. The fourth-order valence-electron chi connectivity index (χ4n) is 4.60. The van der Waals surface area contributed by atoms with Crippen molar-refractivity contribution in [3.8, 4) is 0 Å². The van der Waals surface area contributed by atoms with Crippen LogP contribution in [0.25, 0.3) is 0 Å². The molecule has 0 bridgehead atoms. The first-order valence-corrected chi connectivity index (χ1v) is 11.8. The van der Waals surface area contributed by atoms with Crippen LogP contribution in [0.15, 0.2) is 0 Å². The normalized spacial score (nSPS) is 30.7. The number of hydrogen-bond acceptors (Lipinski definition) is 4. The monoisotopic (exact) mass is 411 g/mol. The molecule has 1 heterocycles. The zero-order valence-electron chi connectivity index (χ0n) is 19.7. The largest absolute Gasteiger partial charge is 0.481 e. The number of carbonyl (C=O) groups is 2. The number of carboxylic acids is 1. The lowest BCUT2D eigenvalue weighted by Crippen LogP contribution is -2.66. The van der Waals surface area contributed by atoms with Crippen molar-refractivity contribution >= 4 is 11.9 Å². The van der Waals surface area contributed by atoms with Crippen LogP contribution in [0.1, 0.15) is 112 Å². The molecule has 5 unspecified atom stereocenters. The van der Waals surface area contributed by atoms with Crippen LogP contribution in [0.3, 0.4) is 0 Å². The lowest BCUT2D eigenvalue weighted by molar-refractivity contribution is -0.166. The van der Waals surface area contributed by atoms with Gasteiger partial charge in [0.2, 0.25) is 0 Å². The van der Waals surface area contributed by atoms with Gasteiger partial charge in [0, 0.05) is 23.4 Å². The molecule has 5 atom stereocenters. The van der Waals surface area contributed by atoms with Crippen molar-refractivity contribution in [1.29, 1.82) is 0 Å². The highest BCUT2D eigenvalue weighted by Gasteiger charge is 2.48. The van der Waals surface area contributed by atoms with Gasteiger partial charge >= 0.3 is 11.9 Å². The van der Waals surface area contributed by atoms with E-state index in [1.54, 1.807) is 0 Å². The molecule has 1 saturated heterocycles. The van der Waals surface area contributed by atoms with E-state index in [2.05, 4.69) is 46.9 Å². The summed E-state index contributed by atoms with van der Waals surface area (Å²) in [4.78, 5) is 24.3. The zero-order chi connectivity index (χ0) is 22.1. The Bertz CT molecular complexity index is 523. The number of ether oxygens (including phenoxy) is 1. The Balaban J connectivity index is 2.76. The summed E-state index contributed by atoms with van der Waals surface area (Å²) in [6, 6.07) is 0. The fourth-order valence-corrected chi connectivity index (χ4v) is 4.60. The minimum absolute atomic E-state index is 0.0796. The average Bonchev–Trinajstić information content (AvgIpc) is 2.67. The number of carboxylic acid groups (broad SMARTS) is 1. The van der Waals surface area contributed by atoms with Crippen LogP contribution in [-0.4, -0.2) is 34.2 Å². The van der Waals surface area contributed by atoms with Crippen molar-refractivity contribution in [3.63, 3.8) is 0 Å². The van der Waals surface area contributed by atoms with Gasteiger partial charge in [-0.1, -0.05) is 66.2 Å². The SMILES string of the molecule is CCCCCCCCC(CC(=O)O)C(=O)OC1CC(C)(CC)NC(C)(CC)C1C. The summed E-state index contributed by atoms with van der Waals surface area (Å²) in [6.07, 6.45) is 9.70. The van der Waals surface area contributed by atoms with Crippen LogP contribution < -0.4 is 5.32 Å². The third kappa shape index (κ3) is 7.92. The smallest absolute Gasteiger partial charge is 0.309 e. The highest BCUT2D eigenvalue weighted by Crippen LogP contribution is 2.39. The molecule has 0 aromatic heterocycles. The average molecular weight is 412 g/mol. The first-order chi connectivity index (χ1) is 13.6. The highest BCUT2D eigenvalue weighted by atomic mass is 16.5. The molecule has 1 rings (SSSR count). The quantitative estimate of drug-likeness (QED) is 0.300. The number of aliphatic carboxylic acids is 1. The Morgan fingerprint density at radius 1 is 1.07 bits per heavy atom. The van der Waals surface area contributed by atoms with Crippen LogP contribution in [0, 0.1) is 11.8 Å². The second-order valence-electron chi connectivity index (χ2n) is 9.63. The third-order valence-corrected chi connectivity index (χ3v) is 7.24. The van der Waals surface area contributed by atoms with Crippen molar-refractivity contribution in [2.24, 2.45) is 11.8 Å². The molecule has 0 amide bonds. The minimum Gasteiger partial charge on any atom is -0.481 e. The highest BCUT2D eigenvalue weighted by molar-refractivity contribution is 5.79. The second kappa shape index (κ2) is 11.9. The van der Waals surface area contributed by atoms with Gasteiger partial charge in [-0.2, -0.15) is 0 Å². The predicted octanol–water partition coefficient (Wildman–Crippen LogP) is 5.71. The maximum atomic E-state index is 13.0. The van der Waals surface area contributed by atoms with E-state index >= 15 is 0 Å². The van der Waals surface area contributed by atoms with Gasteiger partial charge in [-0.3, -0.25) is 9.59 Å². The topological polar surface area (TPSA) is 75.6 Å². The van der Waals surface area contributed by atoms with E-state index in [1.165, 1.54) is 19.3 Å². The summed E-state index contributed by atoms with van der Waals surface area (Å²) >= 11 is 0. The van der Waals surface area contributed by atoms with E-state index in [4.69, 9.17) is 4.74 Å². The molecule has 0 aromatic rings. The van der Waals surface area contributed by atoms with Gasteiger partial charge < -0.3 is 15.2 Å². The van der Waals surface area contributed by atoms with Gasteiger partial charge in [0.1, 0.15) is 6.10 Å². The van der Waals surface area contributed by atoms with Gasteiger partial charge in [-0.05, 0) is 33.1 Å². The molecule has 29 heavy (non-hydrogen) atoms. The standard InChI is InChI=1S/C24H45NO4/c1-7-10-11-12-13-14-15-19(16-21(26)27)22(28)29-20-17-23(5,8-2)25-24(6,9-3)18(20)4/h18-20,25H,7-17H2,1-6H3,(H,26,27). The Morgan fingerprint density at radius 2 is 1.69 bits per heavy atom. The van der Waals surface area contributed by atoms with Gasteiger partial charge in [-0.25, -0.2) is 0 Å². The van der Waals surface area contributed by atoms with E-state index in [-0.39, 0.29) is 35.5 Å². The van der Waals surface area contributed by atoms with E-state index in [0.717, 1.165) is 38.5 Å². The molecule has 0 spiro atoms. The number of esters is 1. The molecule has 2 N–H and O–H groups in total. The Labute approximate surface area is 178 Å². The summed E-state index contributed by atoms with van der Waals surface area (Å²) in [5.74, 6) is -1.61. The molecular weight excluding hydrogens is 366 g/mol. The molecule has 0 aliphatic carbocycles. The van der Waals surface area contributed by atoms with Crippen LogP contribution in [0.5, 0.6) is 0 Å². The van der Waals surface area contributed by atoms with Crippen LogP contribution in [-0.2, 0) is 14.3 Å².